The van der Waals surface area contributed by atoms with Crippen molar-refractivity contribution >= 4 is 42.8 Å². The summed E-state index contributed by atoms with van der Waals surface area (Å²) in [6, 6.07) is 15.9. The molecule has 3 atom stereocenters. The number of rotatable bonds is 13. The molecule has 2 aromatic rings. The fraction of sp³-hybridized carbons (Fsp3) is 0.533. The SMILES string of the molecule is CC(C)C[C@@H](COc1ccc(CC2SC(=O)NC2=O)cc1)NC[C@@H](O[Si](C)(C)C(C)(C)C)c1cccc(Cl)c1. The highest BCUT2D eigenvalue weighted by molar-refractivity contribution is 8.15. The van der Waals surface area contributed by atoms with Gasteiger partial charge >= 0.3 is 0 Å². The van der Waals surface area contributed by atoms with Crippen molar-refractivity contribution in [1.82, 2.24) is 10.6 Å². The third-order valence-corrected chi connectivity index (χ3v) is 13.1. The van der Waals surface area contributed by atoms with Gasteiger partial charge in [0.15, 0.2) is 8.32 Å². The van der Waals surface area contributed by atoms with Gasteiger partial charge in [0.05, 0.1) is 11.4 Å². The van der Waals surface area contributed by atoms with Crippen molar-refractivity contribution in [2.75, 3.05) is 13.2 Å². The maximum absolute atomic E-state index is 11.9. The summed E-state index contributed by atoms with van der Waals surface area (Å²) in [5.74, 6) is 1.05. The average Bonchev–Trinajstić information content (AvgIpc) is 3.15. The standard InChI is InChI=1S/C30H43ClN2O4SSi/c1-20(2)15-24(19-36-25-13-11-21(12-14-25)16-27-28(34)33-29(35)38-27)32-18-26(22-9-8-10-23(31)17-22)37-39(6,7)30(3,4)5/h8-14,17,20,24,26-27,32H,15-16,18-19H2,1-7H3,(H,33,34,35)/t24-,26+,27?/m0/s1. The van der Waals surface area contributed by atoms with Crippen LogP contribution in [0.4, 0.5) is 4.79 Å². The highest BCUT2D eigenvalue weighted by Crippen LogP contribution is 2.40. The Labute approximate surface area is 244 Å². The fourth-order valence-electron chi connectivity index (χ4n) is 4.18. The molecular weight excluding hydrogens is 548 g/mol. The summed E-state index contributed by atoms with van der Waals surface area (Å²) in [7, 11) is -2.03. The molecule has 2 aromatic carbocycles. The highest BCUT2D eigenvalue weighted by Gasteiger charge is 2.39. The van der Waals surface area contributed by atoms with Gasteiger partial charge in [0.2, 0.25) is 5.91 Å². The van der Waals surface area contributed by atoms with Crippen molar-refractivity contribution in [3.8, 4) is 5.75 Å². The maximum Gasteiger partial charge on any atom is 0.286 e. The fourth-order valence-corrected chi connectivity index (χ4v) is 6.52. The second-order valence-corrected chi connectivity index (χ2v) is 18.6. The van der Waals surface area contributed by atoms with Gasteiger partial charge in [-0.1, -0.05) is 82.2 Å². The molecule has 2 N–H and O–H groups in total. The first kappa shape index (κ1) is 31.7. The number of thioether (sulfide) groups is 1. The summed E-state index contributed by atoms with van der Waals surface area (Å²) >= 11 is 7.40. The van der Waals surface area contributed by atoms with Gasteiger partial charge < -0.3 is 14.5 Å². The average molecular weight is 591 g/mol. The monoisotopic (exact) mass is 590 g/mol. The van der Waals surface area contributed by atoms with E-state index in [1.807, 2.05) is 42.5 Å². The van der Waals surface area contributed by atoms with Gasteiger partial charge in [-0.2, -0.15) is 0 Å². The quantitative estimate of drug-likeness (QED) is 0.237. The van der Waals surface area contributed by atoms with Crippen LogP contribution < -0.4 is 15.4 Å². The van der Waals surface area contributed by atoms with E-state index >= 15 is 0 Å². The molecule has 214 valence electrons. The number of imide groups is 1. The minimum Gasteiger partial charge on any atom is -0.492 e. The topological polar surface area (TPSA) is 76.7 Å². The summed E-state index contributed by atoms with van der Waals surface area (Å²) in [6.07, 6.45) is 1.36. The summed E-state index contributed by atoms with van der Waals surface area (Å²) in [5.41, 5.74) is 2.07. The molecule has 1 saturated heterocycles. The molecule has 0 bridgehead atoms. The number of ether oxygens (including phenoxy) is 1. The summed E-state index contributed by atoms with van der Waals surface area (Å²) < 4.78 is 13.1. The minimum absolute atomic E-state index is 0.0895. The number of carbonyl (C=O) groups is 2. The smallest absolute Gasteiger partial charge is 0.286 e. The lowest BCUT2D eigenvalue weighted by molar-refractivity contribution is -0.118. The number of carbonyl (C=O) groups excluding carboxylic acids is 2. The van der Waals surface area contributed by atoms with Gasteiger partial charge in [0.25, 0.3) is 5.24 Å². The largest absolute Gasteiger partial charge is 0.492 e. The first-order valence-electron chi connectivity index (χ1n) is 13.6. The first-order chi connectivity index (χ1) is 18.2. The molecule has 39 heavy (non-hydrogen) atoms. The summed E-state index contributed by atoms with van der Waals surface area (Å²) in [4.78, 5) is 23.3. The Hall–Kier alpha value is -1.84. The molecule has 9 heteroatoms. The minimum atomic E-state index is -2.03. The molecule has 1 heterocycles. The zero-order chi connectivity index (χ0) is 28.8. The molecule has 6 nitrogen and oxygen atoms in total. The van der Waals surface area contributed by atoms with Gasteiger partial charge in [-0.15, -0.1) is 0 Å². The highest BCUT2D eigenvalue weighted by atomic mass is 35.5. The Morgan fingerprint density at radius 3 is 2.36 bits per heavy atom. The second kappa shape index (κ2) is 13.7. The van der Waals surface area contributed by atoms with E-state index in [1.165, 1.54) is 0 Å². The first-order valence-corrected chi connectivity index (χ1v) is 17.8. The number of halogens is 1. The van der Waals surface area contributed by atoms with Gasteiger partial charge in [0.1, 0.15) is 12.4 Å². The molecular formula is C30H43ClN2O4SSi. The molecule has 3 rings (SSSR count). The van der Waals surface area contributed by atoms with E-state index in [1.54, 1.807) is 0 Å². The lowest BCUT2D eigenvalue weighted by atomic mass is 10.0. The Morgan fingerprint density at radius 2 is 1.79 bits per heavy atom. The molecule has 2 amide bonds. The van der Waals surface area contributed by atoms with E-state index in [-0.39, 0.29) is 33.6 Å². The summed E-state index contributed by atoms with van der Waals surface area (Å²) in [6.45, 7) is 16.9. The number of benzene rings is 2. The van der Waals surface area contributed by atoms with E-state index in [9.17, 15) is 9.59 Å². The third kappa shape index (κ3) is 9.64. The van der Waals surface area contributed by atoms with E-state index < -0.39 is 8.32 Å². The van der Waals surface area contributed by atoms with Crippen molar-refractivity contribution in [1.29, 1.82) is 0 Å². The van der Waals surface area contributed by atoms with Crippen LogP contribution in [0.3, 0.4) is 0 Å². The molecule has 0 radical (unpaired) electrons. The van der Waals surface area contributed by atoms with Crippen LogP contribution in [-0.2, 0) is 15.6 Å². The van der Waals surface area contributed by atoms with Crippen LogP contribution in [-0.4, -0.2) is 43.9 Å². The Bertz CT molecular complexity index is 1120. The Kier molecular flexibility index (Phi) is 11.1. The lowest BCUT2D eigenvalue weighted by Crippen LogP contribution is -2.45. The number of amides is 2. The molecule has 1 unspecified atom stereocenters. The third-order valence-electron chi connectivity index (χ3n) is 7.37. The zero-order valence-electron chi connectivity index (χ0n) is 24.2. The molecule has 1 fully saturated rings. The predicted octanol–water partition coefficient (Wildman–Crippen LogP) is 7.38. The van der Waals surface area contributed by atoms with Gasteiger partial charge in [0, 0.05) is 17.6 Å². The number of nitrogens with one attached hydrogen (secondary N) is 2. The van der Waals surface area contributed by atoms with E-state index in [2.05, 4.69) is 64.4 Å². The predicted molar refractivity (Wildman–Crippen MR) is 164 cm³/mol. The van der Waals surface area contributed by atoms with Crippen molar-refractivity contribution in [2.45, 2.75) is 83.0 Å². The van der Waals surface area contributed by atoms with Gasteiger partial charge in [-0.05, 0) is 72.3 Å². The lowest BCUT2D eigenvalue weighted by Gasteiger charge is -2.40. The van der Waals surface area contributed by atoms with Crippen molar-refractivity contribution in [2.24, 2.45) is 5.92 Å². The van der Waals surface area contributed by atoms with Crippen LogP contribution in [0.15, 0.2) is 48.5 Å². The Balaban J connectivity index is 1.64. The Morgan fingerprint density at radius 1 is 1.10 bits per heavy atom. The molecule has 0 aliphatic carbocycles. The van der Waals surface area contributed by atoms with Crippen LogP contribution in [0.1, 0.15) is 58.3 Å². The summed E-state index contributed by atoms with van der Waals surface area (Å²) in [5, 5.41) is 6.22. The van der Waals surface area contributed by atoms with Crippen molar-refractivity contribution < 1.29 is 18.8 Å². The van der Waals surface area contributed by atoms with Crippen LogP contribution in [0, 0.1) is 5.92 Å². The molecule has 1 aliphatic heterocycles. The van der Waals surface area contributed by atoms with E-state index in [4.69, 9.17) is 20.8 Å². The molecule has 0 spiro atoms. The normalized spacial score (nSPS) is 17.8. The maximum atomic E-state index is 11.9. The van der Waals surface area contributed by atoms with Crippen molar-refractivity contribution in [3.63, 3.8) is 0 Å². The van der Waals surface area contributed by atoms with Gasteiger partial charge in [-0.3, -0.25) is 14.9 Å². The van der Waals surface area contributed by atoms with E-state index in [0.717, 1.165) is 35.1 Å². The number of hydrogen-bond donors (Lipinski definition) is 2. The second-order valence-electron chi connectivity index (χ2n) is 12.2. The van der Waals surface area contributed by atoms with Gasteiger partial charge in [-0.25, -0.2) is 0 Å². The van der Waals surface area contributed by atoms with Crippen LogP contribution >= 0.6 is 23.4 Å². The zero-order valence-corrected chi connectivity index (χ0v) is 26.7. The van der Waals surface area contributed by atoms with Crippen LogP contribution in [0.25, 0.3) is 0 Å². The van der Waals surface area contributed by atoms with E-state index in [0.29, 0.717) is 30.5 Å². The van der Waals surface area contributed by atoms with Crippen molar-refractivity contribution in [3.05, 3.63) is 64.7 Å². The molecule has 0 aromatic heterocycles. The molecule has 0 saturated carbocycles. The molecule has 1 aliphatic rings. The van der Waals surface area contributed by atoms with Crippen LogP contribution in [0.2, 0.25) is 23.2 Å². The number of hydrogen-bond acceptors (Lipinski definition) is 6. The van der Waals surface area contributed by atoms with Crippen LogP contribution in [0.5, 0.6) is 5.75 Å².